The molecule has 19 heteroatoms. The molecule has 86 heavy (non-hydrogen) atoms. The lowest BCUT2D eigenvalue weighted by Crippen LogP contribution is -2.30. The van der Waals surface area contributed by atoms with E-state index in [1.54, 1.807) is 0 Å². The Bertz CT molecular complexity index is 1680. The highest BCUT2D eigenvalue weighted by Gasteiger charge is 2.30. The maximum atomic E-state index is 13.0. The van der Waals surface area contributed by atoms with Crippen LogP contribution < -0.4 is 0 Å². The number of hydrogen-bond acceptors (Lipinski definition) is 15. The van der Waals surface area contributed by atoms with Crippen molar-refractivity contribution in [2.24, 2.45) is 11.8 Å². The van der Waals surface area contributed by atoms with E-state index < -0.39 is 97.5 Å². The van der Waals surface area contributed by atoms with Gasteiger partial charge < -0.3 is 33.8 Å². The minimum absolute atomic E-state index is 0.106. The van der Waals surface area contributed by atoms with Crippen molar-refractivity contribution in [2.45, 2.75) is 355 Å². The molecule has 5 atom stereocenters. The van der Waals surface area contributed by atoms with Crippen molar-refractivity contribution in [2.75, 3.05) is 39.6 Å². The van der Waals surface area contributed by atoms with Gasteiger partial charge in [-0.15, -0.1) is 0 Å². The summed E-state index contributed by atoms with van der Waals surface area (Å²) in [7, 11) is -9.89. The number of phosphoric acid groups is 2. The number of hydrogen-bond donors (Lipinski definition) is 3. The van der Waals surface area contributed by atoms with E-state index in [2.05, 4.69) is 41.5 Å². The van der Waals surface area contributed by atoms with Crippen LogP contribution in [-0.4, -0.2) is 96.7 Å². The summed E-state index contributed by atoms with van der Waals surface area (Å²) < 4.78 is 68.1. The molecular weight excluding hydrogens is 1140 g/mol. The average molecular weight is 1270 g/mol. The van der Waals surface area contributed by atoms with E-state index in [0.29, 0.717) is 25.7 Å². The van der Waals surface area contributed by atoms with Gasteiger partial charge in [0.15, 0.2) is 12.2 Å². The fourth-order valence-corrected chi connectivity index (χ4v) is 11.6. The Kier molecular flexibility index (Phi) is 58.0. The van der Waals surface area contributed by atoms with Crippen molar-refractivity contribution < 1.29 is 80.2 Å². The maximum absolute atomic E-state index is 13.0. The summed E-state index contributed by atoms with van der Waals surface area (Å²) in [4.78, 5) is 72.3. The summed E-state index contributed by atoms with van der Waals surface area (Å²) in [6, 6.07) is 0. The van der Waals surface area contributed by atoms with Crippen LogP contribution in [0.2, 0.25) is 0 Å². The zero-order valence-corrected chi connectivity index (χ0v) is 57.4. The molecule has 0 amide bonds. The Morgan fingerprint density at radius 2 is 0.535 bits per heavy atom. The largest absolute Gasteiger partial charge is 0.472 e. The monoisotopic (exact) mass is 1270 g/mol. The van der Waals surface area contributed by atoms with Crippen LogP contribution in [-0.2, 0) is 65.4 Å². The highest BCUT2D eigenvalue weighted by atomic mass is 31.2. The number of ether oxygens (including phenoxy) is 4. The zero-order valence-electron chi connectivity index (χ0n) is 55.6. The molecule has 0 aliphatic carbocycles. The van der Waals surface area contributed by atoms with Gasteiger partial charge >= 0.3 is 39.5 Å². The molecule has 2 unspecified atom stereocenters. The van der Waals surface area contributed by atoms with E-state index in [0.717, 1.165) is 102 Å². The van der Waals surface area contributed by atoms with E-state index in [1.807, 2.05) is 0 Å². The molecule has 0 rings (SSSR count). The molecule has 0 saturated carbocycles. The predicted molar refractivity (Wildman–Crippen MR) is 345 cm³/mol. The summed E-state index contributed by atoms with van der Waals surface area (Å²) in [5, 5.41) is 10.6. The molecule has 0 aliphatic rings. The van der Waals surface area contributed by atoms with Crippen molar-refractivity contribution in [3.63, 3.8) is 0 Å². The molecule has 0 bridgehead atoms. The first kappa shape index (κ1) is 84.1. The minimum Gasteiger partial charge on any atom is -0.462 e. The van der Waals surface area contributed by atoms with Gasteiger partial charge in [0, 0.05) is 25.7 Å². The predicted octanol–water partition coefficient (Wildman–Crippen LogP) is 18.8. The van der Waals surface area contributed by atoms with Gasteiger partial charge in [0.25, 0.3) is 0 Å². The zero-order chi connectivity index (χ0) is 63.6. The highest BCUT2D eigenvalue weighted by molar-refractivity contribution is 7.47. The van der Waals surface area contributed by atoms with Crippen LogP contribution in [0, 0.1) is 11.8 Å². The summed E-state index contributed by atoms with van der Waals surface area (Å²) in [6.07, 6.45) is 43.0. The molecule has 0 fully saturated rings. The standard InChI is InChI=1S/C67H130O17P2/c1-7-9-11-13-15-17-19-26-33-39-45-51-66(71)83-62(55-77-64(69)49-43-37-31-23-16-14-12-10-8-2)57-81-85(73,74)79-53-61(68)54-80-86(75,76)82-58-63(56-78-65(70)50-44-38-32-28-22-25-30-36-42-48-60(5)6)84-67(72)52-46-40-34-27-21-18-20-24-29-35-41-47-59(3)4/h59-63,68H,7-58H2,1-6H3,(H,73,74)(H,75,76)/t61-,62+,63+/m0/s1. The topological polar surface area (TPSA) is 237 Å². The summed E-state index contributed by atoms with van der Waals surface area (Å²) in [5.41, 5.74) is 0. The second kappa shape index (κ2) is 59.4. The Morgan fingerprint density at radius 1 is 0.314 bits per heavy atom. The van der Waals surface area contributed by atoms with E-state index in [9.17, 15) is 43.2 Å². The summed E-state index contributed by atoms with van der Waals surface area (Å²) in [5.74, 6) is -0.620. The van der Waals surface area contributed by atoms with Crippen LogP contribution in [0.25, 0.3) is 0 Å². The van der Waals surface area contributed by atoms with Crippen molar-refractivity contribution in [3.8, 4) is 0 Å². The normalized spacial score (nSPS) is 14.2. The van der Waals surface area contributed by atoms with Gasteiger partial charge in [0.2, 0.25) is 0 Å². The van der Waals surface area contributed by atoms with Gasteiger partial charge in [-0.25, -0.2) is 9.13 Å². The van der Waals surface area contributed by atoms with E-state index in [-0.39, 0.29) is 25.7 Å². The van der Waals surface area contributed by atoms with Gasteiger partial charge in [-0.3, -0.25) is 37.3 Å². The molecule has 0 aromatic heterocycles. The fourth-order valence-electron chi connectivity index (χ4n) is 10.1. The first-order valence-electron chi connectivity index (χ1n) is 35.0. The van der Waals surface area contributed by atoms with Gasteiger partial charge in [-0.2, -0.15) is 0 Å². The third-order valence-corrected chi connectivity index (χ3v) is 17.4. The number of unbranched alkanes of at least 4 members (excludes halogenated alkanes) is 36. The average Bonchev–Trinajstić information content (AvgIpc) is 3.56. The fraction of sp³-hybridized carbons (Fsp3) is 0.940. The van der Waals surface area contributed by atoms with Crippen LogP contribution in [0.15, 0.2) is 0 Å². The quantitative estimate of drug-likeness (QED) is 0.0222. The third kappa shape index (κ3) is 60.9. The Labute approximate surface area is 524 Å². The van der Waals surface area contributed by atoms with Gasteiger partial charge in [-0.05, 0) is 37.5 Å². The number of aliphatic hydroxyl groups excluding tert-OH is 1. The van der Waals surface area contributed by atoms with Gasteiger partial charge in [-0.1, -0.05) is 286 Å². The molecule has 0 heterocycles. The Balaban J connectivity index is 5.24. The van der Waals surface area contributed by atoms with Crippen molar-refractivity contribution in [1.82, 2.24) is 0 Å². The molecule has 0 aromatic rings. The number of rotatable bonds is 66. The Hall–Kier alpha value is -1.94. The molecule has 510 valence electrons. The SMILES string of the molecule is CCCCCCCCCCCCCC(=O)O[C@H](COC(=O)CCCCCCCCCCC)COP(=O)(O)OC[C@H](O)COP(=O)(O)OC[C@@H](COC(=O)CCCCCCCCCCCC(C)C)OC(=O)CCCCCCCCCCCCCC(C)C. The van der Waals surface area contributed by atoms with Gasteiger partial charge in [0.1, 0.15) is 19.3 Å². The van der Waals surface area contributed by atoms with Crippen molar-refractivity contribution in [1.29, 1.82) is 0 Å². The third-order valence-electron chi connectivity index (χ3n) is 15.5. The number of esters is 4. The lowest BCUT2D eigenvalue weighted by molar-refractivity contribution is -0.161. The van der Waals surface area contributed by atoms with Crippen LogP contribution in [0.3, 0.4) is 0 Å². The molecule has 0 aromatic carbocycles. The molecule has 0 radical (unpaired) electrons. The van der Waals surface area contributed by atoms with Crippen LogP contribution >= 0.6 is 15.6 Å². The second-order valence-electron chi connectivity index (χ2n) is 25.2. The van der Waals surface area contributed by atoms with E-state index in [1.165, 1.54) is 154 Å². The summed E-state index contributed by atoms with van der Waals surface area (Å²) in [6.45, 7) is 9.49. The molecule has 0 aliphatic heterocycles. The summed E-state index contributed by atoms with van der Waals surface area (Å²) >= 11 is 0. The number of carbonyl (C=O) groups excluding carboxylic acids is 4. The van der Waals surface area contributed by atoms with Crippen LogP contribution in [0.5, 0.6) is 0 Å². The van der Waals surface area contributed by atoms with Crippen LogP contribution in [0.4, 0.5) is 0 Å². The number of carbonyl (C=O) groups is 4. The highest BCUT2D eigenvalue weighted by Crippen LogP contribution is 2.45. The van der Waals surface area contributed by atoms with Crippen LogP contribution in [0.1, 0.15) is 337 Å². The number of phosphoric ester groups is 2. The maximum Gasteiger partial charge on any atom is 0.472 e. The molecule has 0 saturated heterocycles. The molecular formula is C67H130O17P2. The molecule has 3 N–H and O–H groups in total. The first-order valence-corrected chi connectivity index (χ1v) is 38.0. The smallest absolute Gasteiger partial charge is 0.462 e. The van der Waals surface area contributed by atoms with E-state index >= 15 is 0 Å². The lowest BCUT2D eigenvalue weighted by atomic mass is 10.0. The van der Waals surface area contributed by atoms with Crippen molar-refractivity contribution >= 4 is 39.5 Å². The Morgan fingerprint density at radius 3 is 0.791 bits per heavy atom. The van der Waals surface area contributed by atoms with Crippen molar-refractivity contribution in [3.05, 3.63) is 0 Å². The molecule has 17 nitrogen and oxygen atoms in total. The number of aliphatic hydroxyl groups is 1. The first-order chi connectivity index (χ1) is 41.4. The molecule has 0 spiro atoms. The van der Waals surface area contributed by atoms with Gasteiger partial charge in [0.05, 0.1) is 26.4 Å². The van der Waals surface area contributed by atoms with E-state index in [4.69, 9.17) is 37.0 Å². The minimum atomic E-state index is -4.95. The second-order valence-corrected chi connectivity index (χ2v) is 28.1. The lowest BCUT2D eigenvalue weighted by Gasteiger charge is -2.21.